The van der Waals surface area contributed by atoms with Crippen LogP contribution >= 0.6 is 0 Å². The summed E-state index contributed by atoms with van der Waals surface area (Å²) in [5.74, 6) is 0. The molecule has 0 atom stereocenters. The van der Waals surface area contributed by atoms with Crippen molar-refractivity contribution in [2.75, 3.05) is 0 Å². The van der Waals surface area contributed by atoms with Crippen LogP contribution in [0, 0.1) is 10.1 Å². The van der Waals surface area contributed by atoms with Crippen molar-refractivity contribution in [1.82, 2.24) is 14.7 Å². The molecule has 0 bridgehead atoms. The second-order valence-electron chi connectivity index (χ2n) is 6.00. The topological polar surface area (TPSA) is 124 Å². The molecule has 1 N–H and O–H groups in total. The van der Waals surface area contributed by atoms with Gasteiger partial charge >= 0.3 is 6.01 Å². The molecule has 0 amide bonds. The zero-order valence-electron chi connectivity index (χ0n) is 13.8. The molecule has 1 saturated carbocycles. The molecule has 0 saturated heterocycles. The third kappa shape index (κ3) is 4.52. The van der Waals surface area contributed by atoms with Crippen molar-refractivity contribution >= 4 is 15.7 Å². The summed E-state index contributed by atoms with van der Waals surface area (Å²) < 4.78 is 33.2. The third-order valence-corrected chi connectivity index (χ3v) is 5.67. The summed E-state index contributed by atoms with van der Waals surface area (Å²) in [7, 11) is -3.81. The first-order chi connectivity index (χ1) is 12.4. The Bertz CT molecular complexity index is 867. The Labute approximate surface area is 150 Å². The van der Waals surface area contributed by atoms with E-state index in [0.717, 1.165) is 6.07 Å². The molecular weight excluding hydrogens is 360 g/mol. The van der Waals surface area contributed by atoms with E-state index in [2.05, 4.69) is 14.7 Å². The van der Waals surface area contributed by atoms with Gasteiger partial charge in [-0.2, -0.15) is 0 Å². The van der Waals surface area contributed by atoms with Crippen molar-refractivity contribution in [3.8, 4) is 6.01 Å². The van der Waals surface area contributed by atoms with Gasteiger partial charge in [-0.25, -0.2) is 23.1 Å². The Morgan fingerprint density at radius 1 is 1.12 bits per heavy atom. The number of benzene rings is 1. The molecule has 0 unspecified atom stereocenters. The van der Waals surface area contributed by atoms with E-state index in [-0.39, 0.29) is 22.7 Å². The first kappa shape index (κ1) is 18.2. The number of nitro groups is 1. The summed E-state index contributed by atoms with van der Waals surface area (Å²) >= 11 is 0. The van der Waals surface area contributed by atoms with Crippen molar-refractivity contribution in [2.45, 2.75) is 42.7 Å². The molecule has 1 fully saturated rings. The zero-order valence-corrected chi connectivity index (χ0v) is 14.6. The number of nitrogens with one attached hydrogen (secondary N) is 1. The Morgan fingerprint density at radius 3 is 2.46 bits per heavy atom. The fourth-order valence-electron chi connectivity index (χ4n) is 2.85. The molecule has 0 spiro atoms. The fraction of sp³-hybridized carbons (Fsp3) is 0.375. The Balaban J connectivity index is 1.58. The maximum atomic E-state index is 12.5. The summed E-state index contributed by atoms with van der Waals surface area (Å²) in [5, 5.41) is 10.8. The van der Waals surface area contributed by atoms with Gasteiger partial charge in [0.15, 0.2) is 0 Å². The number of nitro benzene ring substituents is 1. The molecule has 1 aromatic heterocycles. The van der Waals surface area contributed by atoms with Crippen LogP contribution in [-0.2, 0) is 10.0 Å². The number of aromatic nitrogens is 2. The summed E-state index contributed by atoms with van der Waals surface area (Å²) in [4.78, 5) is 18.1. The lowest BCUT2D eigenvalue weighted by Crippen LogP contribution is -2.39. The molecule has 2 aromatic rings. The van der Waals surface area contributed by atoms with Crippen LogP contribution in [0.2, 0.25) is 0 Å². The molecule has 138 valence electrons. The molecule has 3 rings (SSSR count). The van der Waals surface area contributed by atoms with Crippen molar-refractivity contribution in [3.63, 3.8) is 0 Å². The second kappa shape index (κ2) is 7.75. The molecule has 1 aliphatic carbocycles. The van der Waals surface area contributed by atoms with Gasteiger partial charge < -0.3 is 4.74 Å². The second-order valence-corrected chi connectivity index (χ2v) is 7.71. The molecule has 26 heavy (non-hydrogen) atoms. The van der Waals surface area contributed by atoms with Gasteiger partial charge in [-0.05, 0) is 37.8 Å². The Hall–Kier alpha value is -2.59. The van der Waals surface area contributed by atoms with Crippen LogP contribution < -0.4 is 9.46 Å². The minimum absolute atomic E-state index is 0.0593. The van der Waals surface area contributed by atoms with Gasteiger partial charge in [0.2, 0.25) is 10.0 Å². The van der Waals surface area contributed by atoms with E-state index in [0.29, 0.717) is 31.7 Å². The van der Waals surface area contributed by atoms with E-state index < -0.39 is 14.9 Å². The van der Waals surface area contributed by atoms with Crippen LogP contribution in [-0.4, -0.2) is 35.5 Å². The van der Waals surface area contributed by atoms with Crippen LogP contribution in [0.1, 0.15) is 25.7 Å². The highest BCUT2D eigenvalue weighted by molar-refractivity contribution is 7.89. The average Bonchev–Trinajstić information content (AvgIpc) is 2.64. The Kier molecular flexibility index (Phi) is 5.43. The number of hydrogen-bond acceptors (Lipinski definition) is 7. The van der Waals surface area contributed by atoms with Gasteiger partial charge in [-0.15, -0.1) is 0 Å². The smallest absolute Gasteiger partial charge is 0.316 e. The molecule has 1 aliphatic rings. The summed E-state index contributed by atoms with van der Waals surface area (Å²) in [6.45, 7) is 0. The molecule has 9 nitrogen and oxygen atoms in total. The maximum Gasteiger partial charge on any atom is 0.316 e. The Morgan fingerprint density at radius 2 is 1.81 bits per heavy atom. The standard InChI is InChI=1S/C16H18N4O5S/c21-20(22)13-3-1-4-15(11-13)26(23,24)19-12-5-7-14(8-6-12)25-16-17-9-2-10-18-16/h1-4,9-12,14,19H,5-8H2. The minimum atomic E-state index is -3.81. The van der Waals surface area contributed by atoms with Gasteiger partial charge in [-0.3, -0.25) is 10.1 Å². The lowest BCUT2D eigenvalue weighted by molar-refractivity contribution is -0.385. The summed E-state index contributed by atoms with van der Waals surface area (Å²) in [6, 6.07) is 6.79. The average molecular weight is 378 g/mol. The highest BCUT2D eigenvalue weighted by atomic mass is 32.2. The van der Waals surface area contributed by atoms with E-state index in [4.69, 9.17) is 4.74 Å². The van der Waals surface area contributed by atoms with Gasteiger partial charge in [0.1, 0.15) is 6.10 Å². The fourth-order valence-corrected chi connectivity index (χ4v) is 4.19. The number of ether oxygens (including phenoxy) is 1. The predicted octanol–water partition coefficient (Wildman–Crippen LogP) is 2.05. The van der Waals surface area contributed by atoms with Crippen molar-refractivity contribution < 1.29 is 18.1 Å². The van der Waals surface area contributed by atoms with Gasteiger partial charge in [0.25, 0.3) is 5.69 Å². The number of non-ortho nitro benzene ring substituents is 1. The number of hydrogen-bond donors (Lipinski definition) is 1. The SMILES string of the molecule is O=[N+]([O-])c1cccc(S(=O)(=O)NC2CCC(Oc3ncccn3)CC2)c1. The lowest BCUT2D eigenvalue weighted by atomic mass is 9.94. The lowest BCUT2D eigenvalue weighted by Gasteiger charge is -2.28. The van der Waals surface area contributed by atoms with E-state index in [1.54, 1.807) is 18.5 Å². The van der Waals surface area contributed by atoms with E-state index in [1.165, 1.54) is 18.2 Å². The first-order valence-corrected chi connectivity index (χ1v) is 9.63. The number of rotatable bonds is 6. The quantitative estimate of drug-likeness (QED) is 0.602. The number of nitrogens with zero attached hydrogens (tertiary/aromatic N) is 3. The highest BCUT2D eigenvalue weighted by Gasteiger charge is 2.27. The van der Waals surface area contributed by atoms with Crippen LogP contribution in [0.4, 0.5) is 5.69 Å². The van der Waals surface area contributed by atoms with Crippen LogP contribution in [0.25, 0.3) is 0 Å². The third-order valence-electron chi connectivity index (χ3n) is 4.15. The first-order valence-electron chi connectivity index (χ1n) is 8.14. The summed E-state index contributed by atoms with van der Waals surface area (Å²) in [6.07, 6.45) is 5.68. The van der Waals surface area contributed by atoms with Gasteiger partial charge in [0, 0.05) is 30.6 Å². The summed E-state index contributed by atoms with van der Waals surface area (Å²) in [5.41, 5.74) is -0.257. The van der Waals surface area contributed by atoms with Gasteiger partial charge in [-0.1, -0.05) is 6.07 Å². The zero-order chi connectivity index (χ0) is 18.6. The molecule has 1 aromatic carbocycles. The minimum Gasteiger partial charge on any atom is -0.460 e. The molecule has 10 heteroatoms. The van der Waals surface area contributed by atoms with Gasteiger partial charge in [0.05, 0.1) is 9.82 Å². The predicted molar refractivity (Wildman–Crippen MR) is 92.1 cm³/mol. The largest absolute Gasteiger partial charge is 0.460 e. The highest BCUT2D eigenvalue weighted by Crippen LogP contribution is 2.24. The van der Waals surface area contributed by atoms with Crippen LogP contribution in [0.5, 0.6) is 6.01 Å². The van der Waals surface area contributed by atoms with Crippen LogP contribution in [0.15, 0.2) is 47.6 Å². The van der Waals surface area contributed by atoms with E-state index in [9.17, 15) is 18.5 Å². The molecule has 0 aliphatic heterocycles. The maximum absolute atomic E-state index is 12.5. The van der Waals surface area contributed by atoms with E-state index >= 15 is 0 Å². The normalized spacial score (nSPS) is 20.5. The molecular formula is C16H18N4O5S. The number of sulfonamides is 1. The molecule has 0 radical (unpaired) electrons. The monoisotopic (exact) mass is 378 g/mol. The van der Waals surface area contributed by atoms with E-state index in [1.807, 2.05) is 0 Å². The molecule has 1 heterocycles. The van der Waals surface area contributed by atoms with Crippen molar-refractivity contribution in [2.24, 2.45) is 0 Å². The van der Waals surface area contributed by atoms with Crippen LogP contribution in [0.3, 0.4) is 0 Å². The van der Waals surface area contributed by atoms with Crippen molar-refractivity contribution in [1.29, 1.82) is 0 Å². The van der Waals surface area contributed by atoms with Crippen molar-refractivity contribution in [3.05, 3.63) is 52.8 Å².